The monoisotopic (exact) mass is 176 g/mol. The van der Waals surface area contributed by atoms with Crippen molar-refractivity contribution in [2.24, 2.45) is 5.41 Å². The number of rotatable bonds is 4. The Bertz CT molecular complexity index is 89.5. The summed E-state index contributed by atoms with van der Waals surface area (Å²) >= 11 is 5.83. The molecular formula is C10H21Cl. The van der Waals surface area contributed by atoms with Gasteiger partial charge in [0, 0.05) is 5.38 Å². The zero-order chi connectivity index (χ0) is 8.91. The average Bonchev–Trinajstić information content (AvgIpc) is 1.78. The highest BCUT2D eigenvalue weighted by Gasteiger charge is 2.08. The van der Waals surface area contributed by atoms with Gasteiger partial charge in [0.05, 0.1) is 0 Å². The van der Waals surface area contributed by atoms with Crippen molar-refractivity contribution < 1.29 is 0 Å². The molecule has 0 N–H and O–H groups in total. The maximum absolute atomic E-state index is 5.83. The second-order valence-electron chi connectivity index (χ2n) is 4.59. The van der Waals surface area contributed by atoms with Crippen LogP contribution in [0, 0.1) is 5.41 Å². The summed E-state index contributed by atoms with van der Waals surface area (Å²) < 4.78 is 0. The quantitative estimate of drug-likeness (QED) is 0.445. The zero-order valence-corrected chi connectivity index (χ0v) is 9.04. The Morgan fingerprint density at radius 1 is 1.18 bits per heavy atom. The van der Waals surface area contributed by atoms with Gasteiger partial charge in [0.1, 0.15) is 0 Å². The second kappa shape index (κ2) is 5.03. The Balaban J connectivity index is 3.15. The molecule has 0 aromatic rings. The summed E-state index contributed by atoms with van der Waals surface area (Å²) in [5, 5.41) is 0.356. The van der Waals surface area contributed by atoms with Crippen molar-refractivity contribution in [3.8, 4) is 0 Å². The molecule has 0 saturated carbocycles. The molecule has 0 spiro atoms. The Hall–Kier alpha value is 0.290. The van der Waals surface area contributed by atoms with Gasteiger partial charge in [-0.15, -0.1) is 11.6 Å². The van der Waals surface area contributed by atoms with Crippen LogP contribution in [-0.2, 0) is 0 Å². The predicted octanol–water partition coefficient (Wildman–Crippen LogP) is 4.22. The van der Waals surface area contributed by atoms with Crippen LogP contribution in [0.25, 0.3) is 0 Å². The summed E-state index contributed by atoms with van der Waals surface area (Å²) in [6, 6.07) is 0. The van der Waals surface area contributed by atoms with E-state index in [1.54, 1.807) is 0 Å². The van der Waals surface area contributed by atoms with E-state index in [0.29, 0.717) is 10.8 Å². The van der Waals surface area contributed by atoms with Crippen LogP contribution < -0.4 is 0 Å². The maximum atomic E-state index is 5.83. The van der Waals surface area contributed by atoms with E-state index in [2.05, 4.69) is 27.7 Å². The predicted molar refractivity (Wildman–Crippen MR) is 53.2 cm³/mol. The topological polar surface area (TPSA) is 0 Å². The molecule has 0 saturated heterocycles. The standard InChI is InChI=1S/C10H21Cl/c1-9(11)7-5-6-8-10(2,3)4/h9H,5-8H2,1-4H3. The van der Waals surface area contributed by atoms with Gasteiger partial charge in [0.15, 0.2) is 0 Å². The Labute approximate surface area is 76.3 Å². The number of hydrogen-bond donors (Lipinski definition) is 0. The maximum Gasteiger partial charge on any atom is 0.0307 e. The van der Waals surface area contributed by atoms with Gasteiger partial charge in [0.2, 0.25) is 0 Å². The molecule has 0 bridgehead atoms. The van der Waals surface area contributed by atoms with Crippen molar-refractivity contribution in [1.29, 1.82) is 0 Å². The molecule has 0 aliphatic rings. The molecule has 0 amide bonds. The van der Waals surface area contributed by atoms with Crippen LogP contribution >= 0.6 is 11.6 Å². The number of halogens is 1. The number of alkyl halides is 1. The minimum absolute atomic E-state index is 0.356. The van der Waals surface area contributed by atoms with Crippen LogP contribution in [0.3, 0.4) is 0 Å². The van der Waals surface area contributed by atoms with E-state index in [1.165, 1.54) is 19.3 Å². The molecule has 0 nitrogen and oxygen atoms in total. The highest BCUT2D eigenvalue weighted by atomic mass is 35.5. The van der Waals surface area contributed by atoms with Crippen LogP contribution in [0.1, 0.15) is 53.4 Å². The zero-order valence-electron chi connectivity index (χ0n) is 8.28. The van der Waals surface area contributed by atoms with Crippen LogP contribution in [-0.4, -0.2) is 5.38 Å². The second-order valence-corrected chi connectivity index (χ2v) is 5.33. The Morgan fingerprint density at radius 2 is 1.73 bits per heavy atom. The number of unbranched alkanes of at least 4 members (excludes halogenated alkanes) is 1. The smallest absolute Gasteiger partial charge is 0.0307 e. The molecule has 1 heteroatoms. The normalized spacial score (nSPS) is 15.0. The molecule has 0 fully saturated rings. The minimum atomic E-state index is 0.356. The lowest BCUT2D eigenvalue weighted by Crippen LogP contribution is -2.04. The average molecular weight is 177 g/mol. The fraction of sp³-hybridized carbons (Fsp3) is 1.00. The van der Waals surface area contributed by atoms with E-state index in [1.807, 2.05) is 0 Å². The van der Waals surface area contributed by atoms with Crippen molar-refractivity contribution in [1.82, 2.24) is 0 Å². The van der Waals surface area contributed by atoms with E-state index in [9.17, 15) is 0 Å². The van der Waals surface area contributed by atoms with Crippen LogP contribution in [0.5, 0.6) is 0 Å². The molecule has 0 aliphatic carbocycles. The van der Waals surface area contributed by atoms with Crippen LogP contribution in [0.15, 0.2) is 0 Å². The highest BCUT2D eigenvalue weighted by Crippen LogP contribution is 2.22. The van der Waals surface area contributed by atoms with Crippen LogP contribution in [0.2, 0.25) is 0 Å². The van der Waals surface area contributed by atoms with E-state index in [4.69, 9.17) is 11.6 Å². The molecule has 1 atom stereocenters. The van der Waals surface area contributed by atoms with E-state index >= 15 is 0 Å². The Kier molecular flexibility index (Phi) is 5.16. The first-order valence-electron chi connectivity index (χ1n) is 4.56. The summed E-state index contributed by atoms with van der Waals surface area (Å²) in [7, 11) is 0. The van der Waals surface area contributed by atoms with E-state index < -0.39 is 0 Å². The van der Waals surface area contributed by atoms with Gasteiger partial charge in [-0.1, -0.05) is 33.6 Å². The fourth-order valence-electron chi connectivity index (χ4n) is 1.08. The molecule has 0 radical (unpaired) electrons. The lowest BCUT2D eigenvalue weighted by atomic mass is 9.89. The van der Waals surface area contributed by atoms with Crippen molar-refractivity contribution in [2.45, 2.75) is 58.8 Å². The third kappa shape index (κ3) is 10.3. The molecule has 1 unspecified atom stereocenters. The summed E-state index contributed by atoms with van der Waals surface area (Å²) in [5.41, 5.74) is 0.496. The third-order valence-corrected chi connectivity index (χ3v) is 2.00. The summed E-state index contributed by atoms with van der Waals surface area (Å²) in [6.07, 6.45) is 5.08. The SMILES string of the molecule is CC(Cl)CCCCC(C)(C)C. The lowest BCUT2D eigenvalue weighted by molar-refractivity contribution is 0.358. The molecular weight excluding hydrogens is 156 g/mol. The molecule has 0 aromatic heterocycles. The lowest BCUT2D eigenvalue weighted by Gasteiger charge is -2.17. The van der Waals surface area contributed by atoms with Crippen molar-refractivity contribution in [3.63, 3.8) is 0 Å². The largest absolute Gasteiger partial charge is 0.123 e. The van der Waals surface area contributed by atoms with Gasteiger partial charge in [-0.25, -0.2) is 0 Å². The highest BCUT2D eigenvalue weighted by molar-refractivity contribution is 6.20. The molecule has 0 aromatic carbocycles. The van der Waals surface area contributed by atoms with Gasteiger partial charge in [-0.3, -0.25) is 0 Å². The van der Waals surface area contributed by atoms with Gasteiger partial charge < -0.3 is 0 Å². The van der Waals surface area contributed by atoms with Gasteiger partial charge in [0.25, 0.3) is 0 Å². The van der Waals surface area contributed by atoms with Crippen molar-refractivity contribution in [3.05, 3.63) is 0 Å². The first-order valence-corrected chi connectivity index (χ1v) is 4.99. The summed E-state index contributed by atoms with van der Waals surface area (Å²) in [4.78, 5) is 0. The minimum Gasteiger partial charge on any atom is -0.123 e. The van der Waals surface area contributed by atoms with Gasteiger partial charge in [-0.05, 0) is 25.2 Å². The van der Waals surface area contributed by atoms with E-state index in [-0.39, 0.29) is 0 Å². The molecule has 11 heavy (non-hydrogen) atoms. The van der Waals surface area contributed by atoms with E-state index in [0.717, 1.165) is 6.42 Å². The summed E-state index contributed by atoms with van der Waals surface area (Å²) in [6.45, 7) is 8.93. The van der Waals surface area contributed by atoms with Crippen molar-refractivity contribution in [2.75, 3.05) is 0 Å². The number of hydrogen-bond acceptors (Lipinski definition) is 0. The fourth-order valence-corrected chi connectivity index (χ4v) is 1.24. The molecule has 0 rings (SSSR count). The van der Waals surface area contributed by atoms with Gasteiger partial charge in [-0.2, -0.15) is 0 Å². The molecule has 0 aliphatic heterocycles. The first-order chi connectivity index (χ1) is 4.92. The summed E-state index contributed by atoms with van der Waals surface area (Å²) in [5.74, 6) is 0. The molecule has 0 heterocycles. The third-order valence-electron chi connectivity index (χ3n) is 1.78. The Morgan fingerprint density at radius 3 is 2.09 bits per heavy atom. The van der Waals surface area contributed by atoms with Gasteiger partial charge >= 0.3 is 0 Å². The first kappa shape index (κ1) is 11.3. The van der Waals surface area contributed by atoms with Crippen molar-refractivity contribution >= 4 is 11.6 Å². The molecule has 68 valence electrons. The van der Waals surface area contributed by atoms with Crippen LogP contribution in [0.4, 0.5) is 0 Å².